The highest BCUT2D eigenvalue weighted by atomic mass is 15.1. The van der Waals surface area contributed by atoms with E-state index in [4.69, 9.17) is 5.26 Å². The van der Waals surface area contributed by atoms with E-state index in [1.165, 1.54) is 0 Å². The summed E-state index contributed by atoms with van der Waals surface area (Å²) in [5.74, 6) is 0. The average molecular weight is 98.1 g/mol. The van der Waals surface area contributed by atoms with Crippen LogP contribution in [0.2, 0.25) is 0 Å². The second-order valence-electron chi connectivity index (χ2n) is 1.77. The summed E-state index contributed by atoms with van der Waals surface area (Å²) in [4.78, 5) is 1.86. The molecule has 0 aromatic heterocycles. The van der Waals surface area contributed by atoms with Gasteiger partial charge in [0.15, 0.2) is 0 Å². The molecule has 0 aromatic rings. The predicted octanol–water partition coefficient (Wildman–Crippen LogP) is 0.460. The summed E-state index contributed by atoms with van der Waals surface area (Å²) >= 11 is 0. The van der Waals surface area contributed by atoms with Crippen LogP contribution in [0.4, 0.5) is 0 Å². The second-order valence-corrected chi connectivity index (χ2v) is 1.77. The smallest absolute Gasteiger partial charge is 0.0944 e. The molecule has 0 aromatic carbocycles. The van der Waals surface area contributed by atoms with E-state index in [0.29, 0.717) is 0 Å². The Labute approximate surface area is 44.4 Å². The summed E-state index contributed by atoms with van der Waals surface area (Å²) in [6.45, 7) is 1.86. The maximum absolute atomic E-state index is 8.21. The minimum atomic E-state index is 0.0417. The Balaban J connectivity index is 3.40. The van der Waals surface area contributed by atoms with Crippen LogP contribution in [-0.4, -0.2) is 25.0 Å². The number of hydrogen-bond donors (Lipinski definition) is 0. The zero-order valence-corrected chi connectivity index (χ0v) is 4.97. The first-order chi connectivity index (χ1) is 3.18. The molecular formula is C5H10N2. The Morgan fingerprint density at radius 3 is 2.00 bits per heavy atom. The highest BCUT2D eigenvalue weighted by Crippen LogP contribution is 1.84. The standard InChI is InChI=1S/C5H10N2/c1-5(4-6)7(2)3/h5H,1-3H3/t5-/m0/s1. The quantitative estimate of drug-likeness (QED) is 0.476. The van der Waals surface area contributed by atoms with E-state index in [1.54, 1.807) is 0 Å². The van der Waals surface area contributed by atoms with Gasteiger partial charge in [-0.2, -0.15) is 5.26 Å². The van der Waals surface area contributed by atoms with Gasteiger partial charge in [-0.05, 0) is 21.0 Å². The van der Waals surface area contributed by atoms with Crippen LogP contribution >= 0.6 is 0 Å². The Kier molecular flexibility index (Phi) is 2.39. The van der Waals surface area contributed by atoms with Crippen molar-refractivity contribution in [2.75, 3.05) is 14.1 Å². The maximum Gasteiger partial charge on any atom is 0.0944 e. The van der Waals surface area contributed by atoms with Crippen molar-refractivity contribution in [3.8, 4) is 6.07 Å². The molecule has 0 amide bonds. The third kappa shape index (κ3) is 2.18. The van der Waals surface area contributed by atoms with Gasteiger partial charge in [-0.15, -0.1) is 0 Å². The zero-order chi connectivity index (χ0) is 5.86. The van der Waals surface area contributed by atoms with Crippen LogP contribution in [0.5, 0.6) is 0 Å². The van der Waals surface area contributed by atoms with E-state index < -0.39 is 0 Å². The van der Waals surface area contributed by atoms with E-state index in [-0.39, 0.29) is 6.04 Å². The molecule has 0 N–H and O–H groups in total. The van der Waals surface area contributed by atoms with Crippen molar-refractivity contribution in [2.45, 2.75) is 13.0 Å². The van der Waals surface area contributed by atoms with Gasteiger partial charge in [-0.1, -0.05) is 0 Å². The third-order valence-electron chi connectivity index (χ3n) is 0.961. The van der Waals surface area contributed by atoms with Crippen molar-refractivity contribution in [3.05, 3.63) is 0 Å². The first-order valence-electron chi connectivity index (χ1n) is 2.24. The zero-order valence-electron chi connectivity index (χ0n) is 4.97. The van der Waals surface area contributed by atoms with Gasteiger partial charge in [0.2, 0.25) is 0 Å². The normalized spacial score (nSPS) is 13.6. The molecule has 0 saturated heterocycles. The van der Waals surface area contributed by atoms with Crippen LogP contribution in [-0.2, 0) is 0 Å². The Morgan fingerprint density at radius 1 is 1.57 bits per heavy atom. The second kappa shape index (κ2) is 2.59. The lowest BCUT2D eigenvalue weighted by Gasteiger charge is -2.09. The van der Waals surface area contributed by atoms with Gasteiger partial charge in [0, 0.05) is 0 Å². The Bertz CT molecular complexity index is 80.6. The van der Waals surface area contributed by atoms with Crippen LogP contribution in [0.25, 0.3) is 0 Å². The number of nitrogens with zero attached hydrogens (tertiary/aromatic N) is 2. The van der Waals surface area contributed by atoms with Crippen molar-refractivity contribution in [3.63, 3.8) is 0 Å². The minimum absolute atomic E-state index is 0.0417. The summed E-state index contributed by atoms with van der Waals surface area (Å²) < 4.78 is 0. The predicted molar refractivity (Wildman–Crippen MR) is 28.8 cm³/mol. The largest absolute Gasteiger partial charge is 0.294 e. The summed E-state index contributed by atoms with van der Waals surface area (Å²) in [7, 11) is 3.77. The van der Waals surface area contributed by atoms with Crippen LogP contribution < -0.4 is 0 Å². The molecule has 0 rings (SSSR count). The molecule has 1 atom stereocenters. The topological polar surface area (TPSA) is 27.0 Å². The van der Waals surface area contributed by atoms with Gasteiger partial charge in [-0.3, -0.25) is 4.90 Å². The molecule has 0 radical (unpaired) electrons. The molecule has 40 valence electrons. The lowest BCUT2D eigenvalue weighted by molar-refractivity contribution is 0.371. The van der Waals surface area contributed by atoms with Crippen molar-refractivity contribution < 1.29 is 0 Å². The molecular weight excluding hydrogens is 88.1 g/mol. The molecule has 0 unspecified atom stereocenters. The van der Waals surface area contributed by atoms with E-state index in [0.717, 1.165) is 0 Å². The summed E-state index contributed by atoms with van der Waals surface area (Å²) in [6, 6.07) is 2.13. The van der Waals surface area contributed by atoms with Crippen LogP contribution in [0.1, 0.15) is 6.92 Å². The molecule has 0 aliphatic carbocycles. The molecule has 2 heteroatoms. The molecule has 0 aliphatic heterocycles. The average Bonchev–Trinajstić information content (AvgIpc) is 1.65. The van der Waals surface area contributed by atoms with Gasteiger partial charge >= 0.3 is 0 Å². The molecule has 7 heavy (non-hydrogen) atoms. The fourth-order valence-corrected chi connectivity index (χ4v) is 0.115. The van der Waals surface area contributed by atoms with Crippen LogP contribution in [0, 0.1) is 11.3 Å². The maximum atomic E-state index is 8.21. The number of nitriles is 1. The highest BCUT2D eigenvalue weighted by molar-refractivity contribution is 4.84. The van der Waals surface area contributed by atoms with E-state index in [1.807, 2.05) is 25.9 Å². The van der Waals surface area contributed by atoms with Crippen molar-refractivity contribution in [2.24, 2.45) is 0 Å². The fraction of sp³-hybridized carbons (Fsp3) is 0.800. The van der Waals surface area contributed by atoms with Gasteiger partial charge in [0.05, 0.1) is 12.1 Å². The van der Waals surface area contributed by atoms with E-state index >= 15 is 0 Å². The first-order valence-corrected chi connectivity index (χ1v) is 2.24. The first kappa shape index (κ1) is 6.45. The molecule has 2 nitrogen and oxygen atoms in total. The van der Waals surface area contributed by atoms with E-state index in [9.17, 15) is 0 Å². The molecule has 0 aliphatic rings. The third-order valence-corrected chi connectivity index (χ3v) is 0.961. The lowest BCUT2D eigenvalue weighted by atomic mass is 10.4. The Hall–Kier alpha value is -0.550. The van der Waals surface area contributed by atoms with Crippen molar-refractivity contribution in [1.29, 1.82) is 5.26 Å². The van der Waals surface area contributed by atoms with Gasteiger partial charge < -0.3 is 0 Å². The van der Waals surface area contributed by atoms with Crippen molar-refractivity contribution in [1.82, 2.24) is 4.90 Å². The molecule has 0 heterocycles. The van der Waals surface area contributed by atoms with Crippen molar-refractivity contribution >= 4 is 0 Å². The highest BCUT2D eigenvalue weighted by Gasteiger charge is 1.97. The molecule has 0 bridgehead atoms. The van der Waals surface area contributed by atoms with Crippen LogP contribution in [0.3, 0.4) is 0 Å². The van der Waals surface area contributed by atoms with Crippen LogP contribution in [0.15, 0.2) is 0 Å². The van der Waals surface area contributed by atoms with Gasteiger partial charge in [0.25, 0.3) is 0 Å². The Morgan fingerprint density at radius 2 is 2.00 bits per heavy atom. The molecule has 0 saturated carbocycles. The summed E-state index contributed by atoms with van der Waals surface area (Å²) in [5.41, 5.74) is 0. The number of rotatable bonds is 1. The molecule has 0 fully saturated rings. The van der Waals surface area contributed by atoms with Gasteiger partial charge in [0.1, 0.15) is 0 Å². The monoisotopic (exact) mass is 98.1 g/mol. The summed E-state index contributed by atoms with van der Waals surface area (Å²) in [5, 5.41) is 8.21. The lowest BCUT2D eigenvalue weighted by Crippen LogP contribution is -2.22. The van der Waals surface area contributed by atoms with E-state index in [2.05, 4.69) is 6.07 Å². The van der Waals surface area contributed by atoms with Gasteiger partial charge in [-0.25, -0.2) is 0 Å². The number of hydrogen-bond acceptors (Lipinski definition) is 2. The minimum Gasteiger partial charge on any atom is -0.294 e. The summed E-state index contributed by atoms with van der Waals surface area (Å²) in [6.07, 6.45) is 0. The molecule has 0 spiro atoms. The SMILES string of the molecule is C[C@@H](C#N)N(C)C. The fourth-order valence-electron chi connectivity index (χ4n) is 0.115.